The van der Waals surface area contributed by atoms with E-state index in [2.05, 4.69) is 9.82 Å². The van der Waals surface area contributed by atoms with E-state index < -0.39 is 10.0 Å². The van der Waals surface area contributed by atoms with E-state index in [1.165, 1.54) is 11.3 Å². The summed E-state index contributed by atoms with van der Waals surface area (Å²) in [6.07, 6.45) is 3.05. The Balaban J connectivity index is 1.70. The van der Waals surface area contributed by atoms with Crippen LogP contribution in [-0.4, -0.2) is 31.3 Å². The first-order valence-electron chi connectivity index (χ1n) is 9.39. The lowest BCUT2D eigenvalue weighted by Crippen LogP contribution is -2.26. The van der Waals surface area contributed by atoms with Gasteiger partial charge in [0.15, 0.2) is 5.76 Å². The number of carbonyl (C=O) groups excluding carboxylic acids is 1. The molecule has 8 heteroatoms. The summed E-state index contributed by atoms with van der Waals surface area (Å²) in [5.74, 6) is -0.115. The van der Waals surface area contributed by atoms with Crippen LogP contribution in [-0.2, 0) is 10.0 Å². The molecule has 1 amide bonds. The minimum absolute atomic E-state index is 0.213. The largest absolute Gasteiger partial charge is 0.459 e. The zero-order chi connectivity index (χ0) is 21.3. The molecule has 1 aliphatic heterocycles. The quantitative estimate of drug-likeness (QED) is 0.673. The Morgan fingerprint density at radius 1 is 1.13 bits per heavy atom. The van der Waals surface area contributed by atoms with E-state index in [1.807, 2.05) is 37.3 Å². The molecule has 0 saturated heterocycles. The molecule has 0 radical (unpaired) electrons. The molecule has 0 saturated carbocycles. The number of benzene rings is 2. The predicted octanol–water partition coefficient (Wildman–Crippen LogP) is 3.95. The third-order valence-electron chi connectivity index (χ3n) is 4.81. The molecule has 0 aliphatic carbocycles. The van der Waals surface area contributed by atoms with Gasteiger partial charge in [-0.3, -0.25) is 9.52 Å². The Morgan fingerprint density at radius 2 is 1.90 bits per heavy atom. The molecular formula is C22H21N3O4S. The Bertz CT molecular complexity index is 1200. The minimum Gasteiger partial charge on any atom is -0.459 e. The van der Waals surface area contributed by atoms with Crippen LogP contribution in [0.15, 0.2) is 76.4 Å². The van der Waals surface area contributed by atoms with Crippen LogP contribution in [0.1, 0.15) is 39.7 Å². The zero-order valence-corrected chi connectivity index (χ0v) is 17.4. The highest BCUT2D eigenvalue weighted by Gasteiger charge is 2.34. The second-order valence-electron chi connectivity index (χ2n) is 7.26. The number of amides is 1. The number of furan rings is 1. The second-order valence-corrected chi connectivity index (χ2v) is 9.01. The molecular weight excluding hydrogens is 402 g/mol. The van der Waals surface area contributed by atoms with Crippen molar-refractivity contribution in [1.29, 1.82) is 0 Å². The van der Waals surface area contributed by atoms with Gasteiger partial charge in [-0.05, 0) is 42.3 Å². The van der Waals surface area contributed by atoms with Crippen LogP contribution in [0.25, 0.3) is 0 Å². The number of anilines is 1. The van der Waals surface area contributed by atoms with E-state index in [-0.39, 0.29) is 17.7 Å². The summed E-state index contributed by atoms with van der Waals surface area (Å²) >= 11 is 0. The lowest BCUT2D eigenvalue weighted by molar-refractivity contribution is 0.0678. The summed E-state index contributed by atoms with van der Waals surface area (Å²) in [4.78, 5) is 13.0. The van der Waals surface area contributed by atoms with E-state index in [9.17, 15) is 13.2 Å². The summed E-state index contributed by atoms with van der Waals surface area (Å²) < 4.78 is 30.9. The SMILES string of the molecule is Cc1ccc(C2CC(c3cccc(NS(C)(=O)=O)c3)=NN2C(=O)c2ccco2)cc1. The van der Waals surface area contributed by atoms with Crippen molar-refractivity contribution in [1.82, 2.24) is 5.01 Å². The first-order valence-corrected chi connectivity index (χ1v) is 11.3. The van der Waals surface area contributed by atoms with E-state index in [4.69, 9.17) is 4.42 Å². The van der Waals surface area contributed by atoms with Gasteiger partial charge in [-0.25, -0.2) is 13.4 Å². The average molecular weight is 423 g/mol. The van der Waals surface area contributed by atoms with Crippen molar-refractivity contribution in [3.63, 3.8) is 0 Å². The van der Waals surface area contributed by atoms with Crippen LogP contribution in [0.5, 0.6) is 0 Å². The number of nitrogens with one attached hydrogen (secondary N) is 1. The first kappa shape index (κ1) is 19.9. The summed E-state index contributed by atoms with van der Waals surface area (Å²) in [5.41, 5.74) is 3.97. The molecule has 0 fully saturated rings. The van der Waals surface area contributed by atoms with Crippen LogP contribution in [0.3, 0.4) is 0 Å². The monoisotopic (exact) mass is 423 g/mol. The molecule has 1 unspecified atom stereocenters. The number of hydrogen-bond acceptors (Lipinski definition) is 5. The minimum atomic E-state index is -3.40. The predicted molar refractivity (Wildman–Crippen MR) is 115 cm³/mol. The van der Waals surface area contributed by atoms with Crippen molar-refractivity contribution in [2.75, 3.05) is 11.0 Å². The van der Waals surface area contributed by atoms with Crippen LogP contribution in [0, 0.1) is 6.92 Å². The van der Waals surface area contributed by atoms with Crippen molar-refractivity contribution in [2.24, 2.45) is 5.10 Å². The lowest BCUT2D eigenvalue weighted by Gasteiger charge is -2.21. The number of nitrogens with zero attached hydrogens (tertiary/aromatic N) is 2. The zero-order valence-electron chi connectivity index (χ0n) is 16.6. The van der Waals surface area contributed by atoms with Gasteiger partial charge >= 0.3 is 5.91 Å². The summed E-state index contributed by atoms with van der Waals surface area (Å²) in [6.45, 7) is 2.01. The van der Waals surface area contributed by atoms with Crippen molar-refractivity contribution >= 4 is 27.3 Å². The average Bonchev–Trinajstić information content (AvgIpc) is 3.37. The molecule has 1 atom stereocenters. The molecule has 1 aromatic heterocycles. The molecule has 7 nitrogen and oxygen atoms in total. The van der Waals surface area contributed by atoms with Gasteiger partial charge in [-0.1, -0.05) is 42.0 Å². The molecule has 1 aliphatic rings. The molecule has 1 N–H and O–H groups in total. The third kappa shape index (κ3) is 4.28. The Hall–Kier alpha value is -3.39. The number of sulfonamides is 1. The highest BCUT2D eigenvalue weighted by atomic mass is 32.2. The molecule has 0 bridgehead atoms. The maximum atomic E-state index is 13.0. The summed E-state index contributed by atoms with van der Waals surface area (Å²) in [6, 6.07) is 17.9. The Kier molecular flexibility index (Phi) is 5.17. The van der Waals surface area contributed by atoms with E-state index >= 15 is 0 Å². The molecule has 4 rings (SSSR count). The van der Waals surface area contributed by atoms with Crippen molar-refractivity contribution in [3.8, 4) is 0 Å². The van der Waals surface area contributed by atoms with Gasteiger partial charge in [0.05, 0.1) is 24.3 Å². The number of hydrogen-bond donors (Lipinski definition) is 1. The van der Waals surface area contributed by atoms with Gasteiger partial charge in [-0.15, -0.1) is 0 Å². The fraction of sp³-hybridized carbons (Fsp3) is 0.182. The Morgan fingerprint density at radius 3 is 2.57 bits per heavy atom. The second kappa shape index (κ2) is 7.79. The first-order chi connectivity index (χ1) is 14.3. The van der Waals surface area contributed by atoms with Crippen LogP contribution in [0.4, 0.5) is 5.69 Å². The summed E-state index contributed by atoms with van der Waals surface area (Å²) in [7, 11) is -3.40. The highest BCUT2D eigenvalue weighted by molar-refractivity contribution is 7.92. The van der Waals surface area contributed by atoms with Crippen LogP contribution < -0.4 is 4.72 Å². The van der Waals surface area contributed by atoms with E-state index in [0.29, 0.717) is 17.8 Å². The van der Waals surface area contributed by atoms with E-state index in [1.54, 1.807) is 30.3 Å². The number of carbonyl (C=O) groups is 1. The molecule has 2 heterocycles. The van der Waals surface area contributed by atoms with Crippen LogP contribution >= 0.6 is 0 Å². The van der Waals surface area contributed by atoms with Crippen molar-refractivity contribution in [2.45, 2.75) is 19.4 Å². The van der Waals surface area contributed by atoms with Gasteiger partial charge in [0.2, 0.25) is 10.0 Å². The van der Waals surface area contributed by atoms with Gasteiger partial charge in [0.25, 0.3) is 0 Å². The van der Waals surface area contributed by atoms with Gasteiger partial charge < -0.3 is 4.42 Å². The van der Waals surface area contributed by atoms with Crippen molar-refractivity contribution in [3.05, 3.63) is 89.4 Å². The smallest absolute Gasteiger partial charge is 0.310 e. The Labute approximate surface area is 175 Å². The summed E-state index contributed by atoms with van der Waals surface area (Å²) in [5, 5.41) is 6.04. The number of hydrazone groups is 1. The molecule has 0 spiro atoms. The lowest BCUT2D eigenvalue weighted by atomic mass is 9.97. The van der Waals surface area contributed by atoms with Crippen molar-refractivity contribution < 1.29 is 17.6 Å². The van der Waals surface area contributed by atoms with E-state index in [0.717, 1.165) is 22.9 Å². The third-order valence-corrected chi connectivity index (χ3v) is 5.42. The van der Waals surface area contributed by atoms with Gasteiger partial charge in [-0.2, -0.15) is 5.10 Å². The molecule has 3 aromatic rings. The topological polar surface area (TPSA) is 92.0 Å². The molecule has 30 heavy (non-hydrogen) atoms. The standard InChI is InChI=1S/C22H21N3O4S/c1-15-8-10-16(11-9-15)20-14-19(23-25(20)22(26)21-7-4-12-29-21)17-5-3-6-18(13-17)24-30(2,27)28/h3-13,20,24H,14H2,1-2H3. The van der Waals surface area contributed by atoms with Gasteiger partial charge in [0.1, 0.15) is 0 Å². The van der Waals surface area contributed by atoms with Gasteiger partial charge in [0, 0.05) is 12.1 Å². The van der Waals surface area contributed by atoms with Crippen LogP contribution in [0.2, 0.25) is 0 Å². The fourth-order valence-corrected chi connectivity index (χ4v) is 3.96. The molecule has 154 valence electrons. The maximum Gasteiger partial charge on any atom is 0.310 e. The molecule has 2 aromatic carbocycles. The maximum absolute atomic E-state index is 13.0. The fourth-order valence-electron chi connectivity index (χ4n) is 3.41. The number of aryl methyl sites for hydroxylation is 1. The number of rotatable bonds is 5. The highest BCUT2D eigenvalue weighted by Crippen LogP contribution is 2.34. The normalized spacial score (nSPS) is 16.4.